The lowest BCUT2D eigenvalue weighted by Gasteiger charge is -2.03. The molecule has 0 atom stereocenters. The zero-order valence-corrected chi connectivity index (χ0v) is 17.2. The highest BCUT2D eigenvalue weighted by Gasteiger charge is 1.93. The molecule has 2 N–H and O–H groups in total. The van der Waals surface area contributed by atoms with E-state index < -0.39 is 11.9 Å². The van der Waals surface area contributed by atoms with Crippen molar-refractivity contribution in [1.82, 2.24) is 0 Å². The fraction of sp³-hybridized carbons (Fsp3) is 0.818. The summed E-state index contributed by atoms with van der Waals surface area (Å²) in [5.41, 5.74) is 0. The van der Waals surface area contributed by atoms with Crippen molar-refractivity contribution in [2.24, 2.45) is 0 Å². The maximum absolute atomic E-state index is 9.55. The molecule has 0 bridgehead atoms. The van der Waals surface area contributed by atoms with E-state index in [1.165, 1.54) is 103 Å². The molecular formula is C22H42O4. The van der Waals surface area contributed by atoms with Crippen LogP contribution in [0.3, 0.4) is 0 Å². The van der Waals surface area contributed by atoms with Crippen LogP contribution in [0.5, 0.6) is 0 Å². The van der Waals surface area contributed by atoms with Gasteiger partial charge in [-0.05, 0) is 0 Å². The van der Waals surface area contributed by atoms with E-state index in [0.717, 1.165) is 0 Å². The zero-order valence-electron chi connectivity index (χ0n) is 17.2. The molecule has 0 radical (unpaired) electrons. The number of hydrogen-bond acceptors (Lipinski definition) is 2. The van der Waals surface area contributed by atoms with Gasteiger partial charge in [0, 0.05) is 12.2 Å². The van der Waals surface area contributed by atoms with Crippen molar-refractivity contribution in [2.75, 3.05) is 0 Å². The number of carboxylic acid groups (broad SMARTS) is 2. The normalized spacial score (nSPS) is 10.5. The van der Waals surface area contributed by atoms with Gasteiger partial charge in [0.25, 0.3) is 0 Å². The molecule has 0 aromatic rings. The average molecular weight is 371 g/mol. The number of unbranched alkanes of at least 4 members (excludes halogenated alkanes) is 15. The first-order valence-electron chi connectivity index (χ1n) is 10.7. The van der Waals surface area contributed by atoms with Gasteiger partial charge in [0.1, 0.15) is 0 Å². The Morgan fingerprint density at radius 1 is 0.500 bits per heavy atom. The molecule has 0 aliphatic rings. The summed E-state index contributed by atoms with van der Waals surface area (Å²) < 4.78 is 0. The van der Waals surface area contributed by atoms with Gasteiger partial charge in [-0.3, -0.25) is 0 Å². The highest BCUT2D eigenvalue weighted by Crippen LogP contribution is 2.13. The largest absolute Gasteiger partial charge is 0.478 e. The Hall–Kier alpha value is -1.32. The van der Waals surface area contributed by atoms with Crippen LogP contribution in [0.1, 0.15) is 117 Å². The van der Waals surface area contributed by atoms with Crippen molar-refractivity contribution in [3.05, 3.63) is 12.2 Å². The molecule has 154 valence electrons. The summed E-state index contributed by atoms with van der Waals surface area (Å²) in [6, 6.07) is 0. The second-order valence-electron chi connectivity index (χ2n) is 6.96. The Labute approximate surface area is 161 Å². The van der Waals surface area contributed by atoms with Crippen LogP contribution in [-0.4, -0.2) is 22.2 Å². The zero-order chi connectivity index (χ0) is 19.9. The summed E-state index contributed by atoms with van der Waals surface area (Å²) in [5.74, 6) is -2.51. The van der Waals surface area contributed by atoms with Gasteiger partial charge in [0.05, 0.1) is 0 Å². The first kappa shape index (κ1) is 26.9. The van der Waals surface area contributed by atoms with E-state index in [1.807, 2.05) is 0 Å². The smallest absolute Gasteiger partial charge is 0.328 e. The van der Waals surface area contributed by atoms with Crippen LogP contribution in [0.4, 0.5) is 0 Å². The minimum absolute atomic E-state index is 0.558. The standard InChI is InChI=1S/C18H38.C4H4O4/c1-3-5-7-9-11-13-15-17-18-16-14-12-10-8-6-4-2;5-3(6)1-2-4(7)8/h3-18H2,1-2H3;1-2H,(H,5,6)(H,7,8). The number of carbonyl (C=O) groups is 2. The summed E-state index contributed by atoms with van der Waals surface area (Å²) in [4.78, 5) is 19.1. The molecule has 0 amide bonds. The van der Waals surface area contributed by atoms with E-state index in [1.54, 1.807) is 0 Å². The quantitative estimate of drug-likeness (QED) is 0.214. The van der Waals surface area contributed by atoms with Crippen molar-refractivity contribution >= 4 is 11.9 Å². The first-order valence-corrected chi connectivity index (χ1v) is 10.7. The Kier molecular flexibility index (Phi) is 24.5. The molecule has 0 aromatic heterocycles. The number of hydrogen-bond donors (Lipinski definition) is 2. The van der Waals surface area contributed by atoms with Crippen LogP contribution in [-0.2, 0) is 9.59 Å². The first-order chi connectivity index (χ1) is 12.5. The summed E-state index contributed by atoms with van der Waals surface area (Å²) in [5, 5.41) is 15.6. The van der Waals surface area contributed by atoms with E-state index in [4.69, 9.17) is 10.2 Å². The molecule has 0 saturated heterocycles. The van der Waals surface area contributed by atoms with E-state index >= 15 is 0 Å². The lowest BCUT2D eigenvalue weighted by atomic mass is 10.0. The van der Waals surface area contributed by atoms with Gasteiger partial charge < -0.3 is 10.2 Å². The highest BCUT2D eigenvalue weighted by atomic mass is 16.4. The summed E-state index contributed by atoms with van der Waals surface area (Å²) in [6.45, 7) is 4.59. The summed E-state index contributed by atoms with van der Waals surface area (Å²) >= 11 is 0. The third-order valence-electron chi connectivity index (χ3n) is 4.33. The molecule has 4 nitrogen and oxygen atoms in total. The van der Waals surface area contributed by atoms with Crippen LogP contribution in [0.2, 0.25) is 0 Å². The molecular weight excluding hydrogens is 328 g/mol. The number of rotatable bonds is 17. The third-order valence-corrected chi connectivity index (χ3v) is 4.33. The van der Waals surface area contributed by atoms with Crippen molar-refractivity contribution in [1.29, 1.82) is 0 Å². The molecule has 0 aliphatic carbocycles. The van der Waals surface area contributed by atoms with Crippen molar-refractivity contribution in [3.8, 4) is 0 Å². The Balaban J connectivity index is 0. The van der Waals surface area contributed by atoms with E-state index in [9.17, 15) is 9.59 Å². The second-order valence-corrected chi connectivity index (χ2v) is 6.96. The summed E-state index contributed by atoms with van der Waals surface area (Å²) in [6.07, 6.45) is 24.5. The Morgan fingerprint density at radius 2 is 0.692 bits per heavy atom. The Morgan fingerprint density at radius 3 is 0.846 bits per heavy atom. The minimum Gasteiger partial charge on any atom is -0.478 e. The van der Waals surface area contributed by atoms with Crippen LogP contribution in [0.15, 0.2) is 12.2 Å². The van der Waals surface area contributed by atoms with Crippen molar-refractivity contribution in [2.45, 2.75) is 117 Å². The monoisotopic (exact) mass is 370 g/mol. The molecule has 0 fully saturated rings. The molecule has 0 heterocycles. The maximum Gasteiger partial charge on any atom is 0.328 e. The fourth-order valence-corrected chi connectivity index (χ4v) is 2.76. The average Bonchev–Trinajstić information content (AvgIpc) is 2.61. The molecule has 0 aliphatic heterocycles. The topological polar surface area (TPSA) is 74.6 Å². The van der Waals surface area contributed by atoms with E-state index in [2.05, 4.69) is 13.8 Å². The number of carboxylic acids is 2. The maximum atomic E-state index is 9.55. The van der Waals surface area contributed by atoms with Crippen LogP contribution in [0, 0.1) is 0 Å². The van der Waals surface area contributed by atoms with Crippen LogP contribution >= 0.6 is 0 Å². The molecule has 4 heteroatoms. The minimum atomic E-state index is -1.26. The molecule has 0 unspecified atom stereocenters. The van der Waals surface area contributed by atoms with Crippen molar-refractivity contribution in [3.63, 3.8) is 0 Å². The van der Waals surface area contributed by atoms with E-state index in [-0.39, 0.29) is 0 Å². The van der Waals surface area contributed by atoms with Gasteiger partial charge in [0.2, 0.25) is 0 Å². The van der Waals surface area contributed by atoms with Gasteiger partial charge >= 0.3 is 11.9 Å². The van der Waals surface area contributed by atoms with Gasteiger partial charge in [-0.25, -0.2) is 9.59 Å². The predicted molar refractivity (Wildman–Crippen MR) is 110 cm³/mol. The lowest BCUT2D eigenvalue weighted by molar-refractivity contribution is -0.134. The van der Waals surface area contributed by atoms with Crippen molar-refractivity contribution < 1.29 is 19.8 Å². The van der Waals surface area contributed by atoms with Gasteiger partial charge in [-0.2, -0.15) is 0 Å². The third kappa shape index (κ3) is 30.5. The fourth-order valence-electron chi connectivity index (χ4n) is 2.76. The van der Waals surface area contributed by atoms with E-state index in [0.29, 0.717) is 12.2 Å². The SMILES string of the molecule is CCCCCCCCCCCCCCCCCC.O=C(O)C=CC(=O)O. The van der Waals surface area contributed by atoms with Gasteiger partial charge in [-0.1, -0.05) is 117 Å². The predicted octanol–water partition coefficient (Wildman–Crippen LogP) is 6.98. The molecule has 0 aromatic carbocycles. The van der Waals surface area contributed by atoms with Crippen LogP contribution in [0.25, 0.3) is 0 Å². The number of aliphatic carboxylic acids is 2. The molecule has 0 rings (SSSR count). The molecule has 26 heavy (non-hydrogen) atoms. The molecule has 0 spiro atoms. The Bertz CT molecular complexity index is 305. The lowest BCUT2D eigenvalue weighted by Crippen LogP contribution is -1.91. The molecule has 0 saturated carbocycles. The summed E-state index contributed by atoms with van der Waals surface area (Å²) in [7, 11) is 0. The van der Waals surface area contributed by atoms with Crippen LogP contribution < -0.4 is 0 Å². The van der Waals surface area contributed by atoms with Gasteiger partial charge in [-0.15, -0.1) is 0 Å². The highest BCUT2D eigenvalue weighted by molar-refractivity contribution is 5.89. The second kappa shape index (κ2) is 23.7. The van der Waals surface area contributed by atoms with Gasteiger partial charge in [0.15, 0.2) is 0 Å².